The summed E-state index contributed by atoms with van der Waals surface area (Å²) in [5, 5.41) is 5.89. The minimum atomic E-state index is 0.128. The third-order valence-electron chi connectivity index (χ3n) is 4.83. The average Bonchev–Trinajstić information content (AvgIpc) is 3.41. The molecule has 2 aromatic heterocycles. The molecule has 2 rings (SSSR count). The number of amides is 2. The number of aromatic amines is 1. The lowest BCUT2D eigenvalue weighted by Crippen LogP contribution is -2.26. The number of imidazole rings is 2. The first-order valence-corrected chi connectivity index (χ1v) is 10.7. The third-order valence-corrected chi connectivity index (χ3v) is 4.83. The topological polar surface area (TPSA) is 105 Å². The van der Waals surface area contributed by atoms with E-state index < -0.39 is 0 Å². The highest BCUT2D eigenvalue weighted by molar-refractivity contribution is 5.76. The maximum absolute atomic E-state index is 11.8. The van der Waals surface area contributed by atoms with E-state index >= 15 is 0 Å². The lowest BCUT2D eigenvalue weighted by molar-refractivity contribution is -0.122. The third kappa shape index (κ3) is 11.1. The van der Waals surface area contributed by atoms with Crippen LogP contribution in [-0.2, 0) is 22.6 Å². The van der Waals surface area contributed by atoms with Gasteiger partial charge < -0.3 is 20.2 Å². The van der Waals surface area contributed by atoms with E-state index in [4.69, 9.17) is 0 Å². The molecule has 0 fully saturated rings. The van der Waals surface area contributed by atoms with Crippen LogP contribution < -0.4 is 10.6 Å². The van der Waals surface area contributed by atoms with Crippen molar-refractivity contribution in [2.75, 3.05) is 13.1 Å². The van der Waals surface area contributed by atoms with Gasteiger partial charge in [-0.1, -0.05) is 32.1 Å². The second kappa shape index (κ2) is 14.4. The Morgan fingerprint density at radius 3 is 2.14 bits per heavy atom. The largest absolute Gasteiger partial charge is 0.356 e. The summed E-state index contributed by atoms with van der Waals surface area (Å²) in [5.74, 6) is 0.257. The van der Waals surface area contributed by atoms with E-state index in [-0.39, 0.29) is 11.8 Å². The van der Waals surface area contributed by atoms with Gasteiger partial charge >= 0.3 is 0 Å². The number of aromatic nitrogens is 4. The molecule has 2 heterocycles. The fourth-order valence-corrected chi connectivity index (χ4v) is 3.13. The summed E-state index contributed by atoms with van der Waals surface area (Å²) in [7, 11) is 0. The van der Waals surface area contributed by atoms with Crippen LogP contribution >= 0.6 is 0 Å². The fraction of sp³-hybridized carbons (Fsp3) is 0.619. The fourth-order valence-electron chi connectivity index (χ4n) is 3.13. The second-order valence-corrected chi connectivity index (χ2v) is 7.30. The molecule has 8 nitrogen and oxygen atoms in total. The van der Waals surface area contributed by atoms with Crippen LogP contribution in [0, 0.1) is 0 Å². The monoisotopic (exact) mass is 402 g/mol. The Kier molecular flexibility index (Phi) is 11.2. The van der Waals surface area contributed by atoms with Crippen molar-refractivity contribution in [2.24, 2.45) is 0 Å². The van der Waals surface area contributed by atoms with Crippen molar-refractivity contribution in [1.82, 2.24) is 30.2 Å². The van der Waals surface area contributed by atoms with Gasteiger partial charge in [-0.2, -0.15) is 0 Å². The molecule has 3 N–H and O–H groups in total. The molecular formula is C21H34N6O2. The first-order chi connectivity index (χ1) is 14.2. The number of nitrogens with one attached hydrogen (secondary N) is 3. The first kappa shape index (κ1) is 22.6. The number of carbonyl (C=O) groups excluding carboxylic acids is 2. The number of H-pyrrole nitrogens is 1. The SMILES string of the molecule is O=C(CCCCCCCCCC(=O)NCCn1ccnc1)NCCc1cnc[nH]1. The van der Waals surface area contributed by atoms with Crippen LogP contribution in [0.5, 0.6) is 0 Å². The summed E-state index contributed by atoms with van der Waals surface area (Å²) < 4.78 is 1.95. The lowest BCUT2D eigenvalue weighted by Gasteiger charge is -2.06. The van der Waals surface area contributed by atoms with Crippen molar-refractivity contribution in [2.45, 2.75) is 70.8 Å². The van der Waals surface area contributed by atoms with Gasteiger partial charge in [0, 0.05) is 63.2 Å². The van der Waals surface area contributed by atoms with E-state index in [1.54, 1.807) is 25.0 Å². The van der Waals surface area contributed by atoms with E-state index in [2.05, 4.69) is 25.6 Å². The Labute approximate surface area is 172 Å². The molecule has 8 heteroatoms. The molecule has 2 aromatic rings. The molecule has 0 atom stereocenters. The quantitative estimate of drug-likeness (QED) is 0.375. The van der Waals surface area contributed by atoms with Gasteiger partial charge in [-0.3, -0.25) is 9.59 Å². The molecule has 0 bridgehead atoms. The molecule has 0 aliphatic heterocycles. The van der Waals surface area contributed by atoms with Gasteiger partial charge in [-0.05, 0) is 12.8 Å². The van der Waals surface area contributed by atoms with Crippen LogP contribution in [0.15, 0.2) is 31.2 Å². The highest BCUT2D eigenvalue weighted by atomic mass is 16.2. The minimum Gasteiger partial charge on any atom is -0.356 e. The van der Waals surface area contributed by atoms with Gasteiger partial charge in [0.1, 0.15) is 0 Å². The second-order valence-electron chi connectivity index (χ2n) is 7.30. The predicted octanol–water partition coefficient (Wildman–Crippen LogP) is 2.59. The highest BCUT2D eigenvalue weighted by Crippen LogP contribution is 2.09. The Balaban J connectivity index is 1.31. The standard InChI is InChI=1S/C21H34N6O2/c28-20(24-11-10-19-16-23-17-26-19)8-6-4-2-1-3-5-7-9-21(29)25-13-15-27-14-12-22-18-27/h12,14,16-18H,1-11,13,15H2,(H,23,26)(H,24,28)(H,25,29). The number of unbranched alkanes of at least 4 members (excludes halogenated alkanes) is 6. The van der Waals surface area contributed by atoms with Gasteiger partial charge in [-0.25, -0.2) is 9.97 Å². The zero-order chi connectivity index (χ0) is 20.6. The normalized spacial score (nSPS) is 10.8. The number of rotatable bonds is 16. The van der Waals surface area contributed by atoms with Gasteiger partial charge in [0.25, 0.3) is 0 Å². The highest BCUT2D eigenvalue weighted by Gasteiger charge is 2.03. The van der Waals surface area contributed by atoms with Crippen molar-refractivity contribution in [3.05, 3.63) is 36.9 Å². The maximum atomic E-state index is 11.8. The Morgan fingerprint density at radius 2 is 1.55 bits per heavy atom. The molecule has 0 aliphatic carbocycles. The molecule has 0 aliphatic rings. The van der Waals surface area contributed by atoms with Gasteiger partial charge in [0.2, 0.25) is 11.8 Å². The summed E-state index contributed by atoms with van der Waals surface area (Å²) >= 11 is 0. The number of hydrogen-bond acceptors (Lipinski definition) is 4. The number of nitrogens with zero attached hydrogens (tertiary/aromatic N) is 3. The maximum Gasteiger partial charge on any atom is 0.220 e. The van der Waals surface area contributed by atoms with Crippen molar-refractivity contribution >= 4 is 11.8 Å². The molecule has 29 heavy (non-hydrogen) atoms. The smallest absolute Gasteiger partial charge is 0.220 e. The number of hydrogen-bond donors (Lipinski definition) is 3. The average molecular weight is 403 g/mol. The molecule has 0 saturated carbocycles. The molecular weight excluding hydrogens is 368 g/mol. The summed E-state index contributed by atoms with van der Waals surface area (Å²) in [6.07, 6.45) is 18.3. The van der Waals surface area contributed by atoms with Crippen molar-refractivity contribution in [3.8, 4) is 0 Å². The van der Waals surface area contributed by atoms with Crippen molar-refractivity contribution in [1.29, 1.82) is 0 Å². The van der Waals surface area contributed by atoms with E-state index in [1.165, 1.54) is 6.42 Å². The van der Waals surface area contributed by atoms with Crippen molar-refractivity contribution in [3.63, 3.8) is 0 Å². The van der Waals surface area contributed by atoms with Crippen LogP contribution in [0.25, 0.3) is 0 Å². The van der Waals surface area contributed by atoms with Crippen molar-refractivity contribution < 1.29 is 9.59 Å². The first-order valence-electron chi connectivity index (χ1n) is 10.7. The zero-order valence-corrected chi connectivity index (χ0v) is 17.2. The van der Waals surface area contributed by atoms with Crippen LogP contribution in [0.3, 0.4) is 0 Å². The van der Waals surface area contributed by atoms with Crippen LogP contribution in [0.4, 0.5) is 0 Å². The van der Waals surface area contributed by atoms with Gasteiger partial charge in [-0.15, -0.1) is 0 Å². The Morgan fingerprint density at radius 1 is 0.897 bits per heavy atom. The number of carbonyl (C=O) groups is 2. The predicted molar refractivity (Wildman–Crippen MR) is 112 cm³/mol. The molecule has 0 radical (unpaired) electrons. The van der Waals surface area contributed by atoms with Crippen LogP contribution in [0.1, 0.15) is 63.5 Å². The molecule has 0 unspecified atom stereocenters. The molecule has 2 amide bonds. The van der Waals surface area contributed by atoms with Crippen LogP contribution in [0.2, 0.25) is 0 Å². The summed E-state index contributed by atoms with van der Waals surface area (Å²) in [4.78, 5) is 34.5. The van der Waals surface area contributed by atoms with E-state index in [0.29, 0.717) is 25.9 Å². The Hall–Kier alpha value is -2.64. The lowest BCUT2D eigenvalue weighted by atomic mass is 10.1. The van der Waals surface area contributed by atoms with Gasteiger partial charge in [0.15, 0.2) is 0 Å². The molecule has 0 aromatic carbocycles. The van der Waals surface area contributed by atoms with E-state index in [1.807, 2.05) is 10.8 Å². The van der Waals surface area contributed by atoms with Gasteiger partial charge in [0.05, 0.1) is 12.7 Å². The summed E-state index contributed by atoms with van der Waals surface area (Å²) in [5.41, 5.74) is 1.04. The minimum absolute atomic E-state index is 0.128. The molecule has 160 valence electrons. The van der Waals surface area contributed by atoms with E-state index in [0.717, 1.165) is 57.2 Å². The molecule has 0 spiro atoms. The van der Waals surface area contributed by atoms with Crippen LogP contribution in [-0.4, -0.2) is 44.4 Å². The molecule has 0 saturated heterocycles. The zero-order valence-electron chi connectivity index (χ0n) is 17.2. The van der Waals surface area contributed by atoms with E-state index in [9.17, 15) is 9.59 Å². The summed E-state index contributed by atoms with van der Waals surface area (Å²) in [6, 6.07) is 0. The Bertz CT molecular complexity index is 611. The summed E-state index contributed by atoms with van der Waals surface area (Å²) in [6.45, 7) is 2.05.